The molecule has 142 valence electrons. The van der Waals surface area contributed by atoms with Gasteiger partial charge in [0.1, 0.15) is 6.54 Å². The molecule has 1 atom stereocenters. The van der Waals surface area contributed by atoms with Crippen LogP contribution in [0, 0.1) is 12.8 Å². The number of hydrogen-bond donors (Lipinski definition) is 0. The molecule has 2 heterocycles. The maximum absolute atomic E-state index is 12.5. The highest BCUT2D eigenvalue weighted by Gasteiger charge is 2.27. The Hall–Kier alpha value is -2.96. The molecule has 1 aromatic carbocycles. The molecule has 1 saturated heterocycles. The minimum absolute atomic E-state index is 0.0366. The summed E-state index contributed by atoms with van der Waals surface area (Å²) in [6.07, 6.45) is 1.68. The lowest BCUT2D eigenvalue weighted by atomic mass is 9.97. The number of amides is 1. The van der Waals surface area contributed by atoms with E-state index in [1.165, 1.54) is 17.9 Å². The van der Waals surface area contributed by atoms with E-state index in [1.54, 1.807) is 24.0 Å². The van der Waals surface area contributed by atoms with Crippen molar-refractivity contribution >= 4 is 11.9 Å². The molecule has 1 amide bonds. The van der Waals surface area contributed by atoms with Crippen molar-refractivity contribution in [1.29, 1.82) is 0 Å². The Balaban J connectivity index is 1.60. The minimum atomic E-state index is -0.351. The first-order valence-corrected chi connectivity index (χ1v) is 8.96. The summed E-state index contributed by atoms with van der Waals surface area (Å²) in [4.78, 5) is 37.8. The van der Waals surface area contributed by atoms with E-state index in [0.29, 0.717) is 30.3 Å². The number of hydrogen-bond acceptors (Lipinski definition) is 5. The SMILES string of the molecule is COC(=O)c1cccc(CC2CCN(C(=O)Cn3nc(C)ccc3=O)C2)c1. The van der Waals surface area contributed by atoms with Gasteiger partial charge in [0.15, 0.2) is 0 Å². The zero-order chi connectivity index (χ0) is 19.4. The zero-order valence-corrected chi connectivity index (χ0v) is 15.6. The molecule has 0 bridgehead atoms. The van der Waals surface area contributed by atoms with Gasteiger partial charge < -0.3 is 9.64 Å². The smallest absolute Gasteiger partial charge is 0.337 e. The summed E-state index contributed by atoms with van der Waals surface area (Å²) in [6.45, 7) is 3.06. The maximum atomic E-state index is 12.5. The number of likely N-dealkylation sites (tertiary alicyclic amines) is 1. The number of aryl methyl sites for hydroxylation is 1. The Morgan fingerprint density at radius 3 is 2.85 bits per heavy atom. The highest BCUT2D eigenvalue weighted by molar-refractivity contribution is 5.89. The van der Waals surface area contributed by atoms with Crippen LogP contribution >= 0.6 is 0 Å². The fourth-order valence-electron chi connectivity index (χ4n) is 3.39. The number of benzene rings is 1. The standard InChI is InChI=1S/C20H23N3O4/c1-14-6-7-18(24)23(21-14)13-19(25)22-9-8-16(12-22)10-15-4-3-5-17(11-15)20(26)27-2/h3-7,11,16H,8-10,12-13H2,1-2H3. The molecule has 27 heavy (non-hydrogen) atoms. The van der Waals surface area contributed by atoms with E-state index < -0.39 is 0 Å². The van der Waals surface area contributed by atoms with Crippen molar-refractivity contribution in [3.8, 4) is 0 Å². The molecule has 1 aliphatic heterocycles. The molecule has 1 aromatic heterocycles. The van der Waals surface area contributed by atoms with Gasteiger partial charge in [-0.1, -0.05) is 12.1 Å². The highest BCUT2D eigenvalue weighted by atomic mass is 16.5. The van der Waals surface area contributed by atoms with Crippen LogP contribution < -0.4 is 5.56 Å². The van der Waals surface area contributed by atoms with Crippen molar-refractivity contribution in [3.63, 3.8) is 0 Å². The molecular formula is C20H23N3O4. The molecule has 1 fully saturated rings. The molecule has 0 spiro atoms. The van der Waals surface area contributed by atoms with Crippen LogP contribution in [0.3, 0.4) is 0 Å². The topological polar surface area (TPSA) is 81.5 Å². The lowest BCUT2D eigenvalue weighted by Gasteiger charge is -2.17. The van der Waals surface area contributed by atoms with Gasteiger partial charge in [-0.25, -0.2) is 9.48 Å². The quantitative estimate of drug-likeness (QED) is 0.745. The van der Waals surface area contributed by atoms with Gasteiger partial charge in [-0.2, -0.15) is 5.10 Å². The summed E-state index contributed by atoms with van der Waals surface area (Å²) in [5.41, 5.74) is 2.01. The Labute approximate surface area is 157 Å². The van der Waals surface area contributed by atoms with Gasteiger partial charge in [0.2, 0.25) is 5.91 Å². The highest BCUT2D eigenvalue weighted by Crippen LogP contribution is 2.22. The van der Waals surface area contributed by atoms with Crippen molar-refractivity contribution in [2.45, 2.75) is 26.3 Å². The van der Waals surface area contributed by atoms with Gasteiger partial charge >= 0.3 is 5.97 Å². The molecule has 7 nitrogen and oxygen atoms in total. The molecule has 0 saturated carbocycles. The molecule has 0 N–H and O–H groups in total. The summed E-state index contributed by atoms with van der Waals surface area (Å²) in [5.74, 6) is -0.124. The second kappa shape index (κ2) is 8.16. The summed E-state index contributed by atoms with van der Waals surface area (Å²) in [6, 6.07) is 10.5. The first kappa shape index (κ1) is 18.8. The largest absolute Gasteiger partial charge is 0.465 e. The number of ether oxygens (including phenoxy) is 1. The fourth-order valence-corrected chi connectivity index (χ4v) is 3.39. The van der Waals surface area contributed by atoms with Crippen LogP contribution in [0.15, 0.2) is 41.2 Å². The summed E-state index contributed by atoms with van der Waals surface area (Å²) < 4.78 is 5.97. The van der Waals surface area contributed by atoms with Crippen LogP contribution in [0.2, 0.25) is 0 Å². The van der Waals surface area contributed by atoms with Crippen LogP contribution in [-0.2, 0) is 22.5 Å². The third-order valence-corrected chi connectivity index (χ3v) is 4.80. The van der Waals surface area contributed by atoms with E-state index in [2.05, 4.69) is 5.10 Å². The van der Waals surface area contributed by atoms with Crippen molar-refractivity contribution in [2.75, 3.05) is 20.2 Å². The summed E-state index contributed by atoms with van der Waals surface area (Å²) in [7, 11) is 1.36. The predicted molar refractivity (Wildman–Crippen MR) is 99.4 cm³/mol. The number of aromatic nitrogens is 2. The Kier molecular flexibility index (Phi) is 5.69. The molecule has 3 rings (SSSR count). The third kappa shape index (κ3) is 4.61. The zero-order valence-electron chi connectivity index (χ0n) is 15.6. The predicted octanol–water partition coefficient (Wildman–Crippen LogP) is 1.43. The molecule has 0 aliphatic carbocycles. The average Bonchev–Trinajstić information content (AvgIpc) is 3.13. The van der Waals surface area contributed by atoms with Gasteiger partial charge in [-0.15, -0.1) is 0 Å². The minimum Gasteiger partial charge on any atom is -0.465 e. The number of rotatable bonds is 5. The molecular weight excluding hydrogens is 346 g/mol. The second-order valence-electron chi connectivity index (χ2n) is 6.86. The van der Waals surface area contributed by atoms with Crippen molar-refractivity contribution in [3.05, 3.63) is 63.6 Å². The lowest BCUT2D eigenvalue weighted by molar-refractivity contribution is -0.131. The van der Waals surface area contributed by atoms with E-state index in [1.807, 2.05) is 18.2 Å². The van der Waals surface area contributed by atoms with Gasteiger partial charge in [-0.3, -0.25) is 9.59 Å². The van der Waals surface area contributed by atoms with Crippen molar-refractivity contribution in [1.82, 2.24) is 14.7 Å². The van der Waals surface area contributed by atoms with Crippen molar-refractivity contribution < 1.29 is 14.3 Å². The van der Waals surface area contributed by atoms with Crippen LogP contribution in [0.5, 0.6) is 0 Å². The molecule has 0 radical (unpaired) electrons. The second-order valence-corrected chi connectivity index (χ2v) is 6.86. The van der Waals surface area contributed by atoms with E-state index in [4.69, 9.17) is 4.74 Å². The van der Waals surface area contributed by atoms with Gasteiger partial charge in [0.05, 0.1) is 18.4 Å². The maximum Gasteiger partial charge on any atom is 0.337 e. The first-order chi connectivity index (χ1) is 13.0. The molecule has 1 aliphatic rings. The number of carbonyl (C=O) groups is 2. The number of carbonyl (C=O) groups excluding carboxylic acids is 2. The van der Waals surface area contributed by atoms with Crippen LogP contribution in [0.1, 0.15) is 28.0 Å². The van der Waals surface area contributed by atoms with Crippen LogP contribution in [-0.4, -0.2) is 46.8 Å². The van der Waals surface area contributed by atoms with E-state index >= 15 is 0 Å². The molecule has 7 heteroatoms. The monoisotopic (exact) mass is 369 g/mol. The Morgan fingerprint density at radius 2 is 2.07 bits per heavy atom. The van der Waals surface area contributed by atoms with Gasteiger partial charge in [0, 0.05) is 19.2 Å². The van der Waals surface area contributed by atoms with Gasteiger partial charge in [0.25, 0.3) is 5.56 Å². The Bertz CT molecular complexity index is 906. The average molecular weight is 369 g/mol. The number of esters is 1. The van der Waals surface area contributed by atoms with Gasteiger partial charge in [-0.05, 0) is 49.4 Å². The Morgan fingerprint density at radius 1 is 1.26 bits per heavy atom. The lowest BCUT2D eigenvalue weighted by Crippen LogP contribution is -2.36. The van der Waals surface area contributed by atoms with Crippen LogP contribution in [0.4, 0.5) is 0 Å². The fraction of sp³-hybridized carbons (Fsp3) is 0.400. The summed E-state index contributed by atoms with van der Waals surface area (Å²) >= 11 is 0. The normalized spacial score (nSPS) is 16.4. The number of nitrogens with zero attached hydrogens (tertiary/aromatic N) is 3. The molecule has 2 aromatic rings. The third-order valence-electron chi connectivity index (χ3n) is 4.80. The number of methoxy groups -OCH3 is 1. The first-order valence-electron chi connectivity index (χ1n) is 8.96. The van der Waals surface area contributed by atoms with Crippen molar-refractivity contribution in [2.24, 2.45) is 5.92 Å². The van der Waals surface area contributed by atoms with E-state index in [0.717, 1.165) is 18.4 Å². The van der Waals surface area contributed by atoms with E-state index in [-0.39, 0.29) is 24.0 Å². The van der Waals surface area contributed by atoms with Crippen LogP contribution in [0.25, 0.3) is 0 Å². The summed E-state index contributed by atoms with van der Waals surface area (Å²) in [5, 5.41) is 4.12. The van der Waals surface area contributed by atoms with E-state index in [9.17, 15) is 14.4 Å². The molecule has 1 unspecified atom stereocenters.